The van der Waals surface area contributed by atoms with E-state index >= 15 is 0 Å². The van der Waals surface area contributed by atoms with Crippen molar-refractivity contribution in [3.8, 4) is 0 Å². The number of hydrogen-bond donors (Lipinski definition) is 1. The molecule has 8 nitrogen and oxygen atoms in total. The third-order valence-electron chi connectivity index (χ3n) is 2.50. The minimum atomic E-state index is -1.84. The molecular weight excluding hydrogens is 234 g/mol. The zero-order valence-corrected chi connectivity index (χ0v) is 9.84. The smallest absolute Gasteiger partial charge is 0.343 e. The highest BCUT2D eigenvalue weighted by molar-refractivity contribution is 6.04. The maximum Gasteiger partial charge on any atom is 0.343 e. The van der Waals surface area contributed by atoms with Gasteiger partial charge < -0.3 is 14.6 Å². The maximum atomic E-state index is 11.8. The van der Waals surface area contributed by atoms with Crippen molar-refractivity contribution in [2.75, 3.05) is 27.9 Å². The Morgan fingerprint density at radius 3 is 2.24 bits per heavy atom. The van der Waals surface area contributed by atoms with Gasteiger partial charge in [0.05, 0.1) is 27.9 Å². The fraction of sp³-hybridized carbons (Fsp3) is 0.778. The molecule has 98 valence electrons. The largest absolute Gasteiger partial charge is 0.467 e. The Bertz CT molecular complexity index is 290. The lowest BCUT2D eigenvalue weighted by Crippen LogP contribution is -2.56. The van der Waals surface area contributed by atoms with Gasteiger partial charge in [0.1, 0.15) is 6.10 Å². The molecule has 1 rings (SSSR count). The third-order valence-corrected chi connectivity index (χ3v) is 2.50. The number of methoxy groups -OCH3 is 2. The molecule has 8 heteroatoms. The summed E-state index contributed by atoms with van der Waals surface area (Å²) >= 11 is 0. The van der Waals surface area contributed by atoms with Gasteiger partial charge in [-0.2, -0.15) is 0 Å². The van der Waals surface area contributed by atoms with Crippen LogP contribution in [0.4, 0.5) is 0 Å². The Labute approximate surface area is 97.9 Å². The Hall–Kier alpha value is -1.22. The van der Waals surface area contributed by atoms with Crippen molar-refractivity contribution in [3.63, 3.8) is 0 Å². The number of hydrogen-bond acceptors (Lipinski definition) is 8. The van der Waals surface area contributed by atoms with Gasteiger partial charge in [-0.15, -0.1) is 0 Å². The molecule has 0 amide bonds. The Morgan fingerprint density at radius 2 is 1.88 bits per heavy atom. The number of ether oxygens (including phenoxy) is 2. The number of nitrogens with zero attached hydrogens (tertiary/aromatic N) is 1. The molecular formula is C9H15NO7. The SMILES string of the molecule is COC(=O)C1(C(=O)OC)C[C@H](CO)ON1OC. The molecule has 1 atom stereocenters. The van der Waals surface area contributed by atoms with Crippen molar-refractivity contribution < 1.29 is 33.8 Å². The number of esters is 2. The summed E-state index contributed by atoms with van der Waals surface area (Å²) in [6, 6.07) is 0. The minimum Gasteiger partial charge on any atom is -0.467 e. The molecule has 0 saturated carbocycles. The van der Waals surface area contributed by atoms with E-state index in [1.165, 1.54) is 7.11 Å². The van der Waals surface area contributed by atoms with E-state index in [1.54, 1.807) is 0 Å². The molecule has 0 aromatic carbocycles. The number of aliphatic hydroxyl groups is 1. The summed E-state index contributed by atoms with van der Waals surface area (Å²) < 4.78 is 9.12. The van der Waals surface area contributed by atoms with E-state index in [9.17, 15) is 9.59 Å². The van der Waals surface area contributed by atoms with Crippen molar-refractivity contribution >= 4 is 11.9 Å². The molecule has 0 bridgehead atoms. The molecule has 0 aliphatic carbocycles. The first-order valence-corrected chi connectivity index (χ1v) is 4.85. The molecule has 1 heterocycles. The molecule has 0 spiro atoms. The van der Waals surface area contributed by atoms with Crippen LogP contribution in [0.25, 0.3) is 0 Å². The molecule has 1 N–H and O–H groups in total. The summed E-state index contributed by atoms with van der Waals surface area (Å²) in [5.74, 6) is -1.75. The zero-order chi connectivity index (χ0) is 13.1. The lowest BCUT2D eigenvalue weighted by molar-refractivity contribution is -0.371. The van der Waals surface area contributed by atoms with Crippen LogP contribution in [0, 0.1) is 0 Å². The van der Waals surface area contributed by atoms with Crippen LogP contribution in [-0.4, -0.2) is 61.9 Å². The summed E-state index contributed by atoms with van der Waals surface area (Å²) in [6.45, 7) is -0.365. The van der Waals surface area contributed by atoms with Crippen LogP contribution in [0.15, 0.2) is 0 Å². The van der Waals surface area contributed by atoms with Gasteiger partial charge in [-0.25, -0.2) is 9.59 Å². The van der Waals surface area contributed by atoms with Crippen LogP contribution in [0.2, 0.25) is 0 Å². The first kappa shape index (κ1) is 13.8. The second-order valence-corrected chi connectivity index (χ2v) is 3.40. The number of carbonyl (C=O) groups excluding carboxylic acids is 2. The van der Waals surface area contributed by atoms with Crippen LogP contribution in [0.1, 0.15) is 6.42 Å². The molecule has 1 saturated heterocycles. The Kier molecular flexibility index (Phi) is 4.40. The van der Waals surface area contributed by atoms with Gasteiger partial charge >= 0.3 is 11.9 Å². The van der Waals surface area contributed by atoms with Crippen molar-refractivity contribution in [1.29, 1.82) is 0 Å². The van der Waals surface area contributed by atoms with Crippen molar-refractivity contribution in [2.24, 2.45) is 0 Å². The normalized spacial score (nSPS) is 23.4. The van der Waals surface area contributed by atoms with Crippen LogP contribution < -0.4 is 0 Å². The molecule has 0 unspecified atom stereocenters. The predicted octanol–water partition coefficient (Wildman–Crippen LogP) is -1.37. The Morgan fingerprint density at radius 1 is 1.35 bits per heavy atom. The van der Waals surface area contributed by atoms with Gasteiger partial charge in [-0.05, 0) is 5.23 Å². The van der Waals surface area contributed by atoms with Gasteiger partial charge in [0.25, 0.3) is 5.54 Å². The predicted molar refractivity (Wildman–Crippen MR) is 52.2 cm³/mol. The number of aliphatic hydroxyl groups excluding tert-OH is 1. The van der Waals surface area contributed by atoms with Gasteiger partial charge in [0, 0.05) is 6.42 Å². The molecule has 0 aromatic rings. The molecule has 17 heavy (non-hydrogen) atoms. The quantitative estimate of drug-likeness (QED) is 0.481. The first-order chi connectivity index (χ1) is 8.06. The maximum absolute atomic E-state index is 11.8. The van der Waals surface area contributed by atoms with E-state index in [0.29, 0.717) is 5.23 Å². The first-order valence-electron chi connectivity index (χ1n) is 4.85. The number of carbonyl (C=O) groups is 2. The fourth-order valence-electron chi connectivity index (χ4n) is 1.70. The van der Waals surface area contributed by atoms with Gasteiger partial charge in [-0.3, -0.25) is 9.68 Å². The van der Waals surface area contributed by atoms with E-state index in [2.05, 4.69) is 9.47 Å². The molecule has 1 aliphatic rings. The lowest BCUT2D eigenvalue weighted by Gasteiger charge is -2.28. The van der Waals surface area contributed by atoms with Crippen molar-refractivity contribution in [2.45, 2.75) is 18.1 Å². The van der Waals surface area contributed by atoms with E-state index in [-0.39, 0.29) is 13.0 Å². The summed E-state index contributed by atoms with van der Waals surface area (Å²) in [7, 11) is 3.49. The van der Waals surface area contributed by atoms with Crippen molar-refractivity contribution in [3.05, 3.63) is 0 Å². The highest BCUT2D eigenvalue weighted by Gasteiger charge is 2.62. The molecule has 0 radical (unpaired) electrons. The van der Waals surface area contributed by atoms with Crippen LogP contribution >= 0.6 is 0 Å². The number of hydroxylamine groups is 2. The monoisotopic (exact) mass is 249 g/mol. The van der Waals surface area contributed by atoms with Gasteiger partial charge in [0.15, 0.2) is 0 Å². The minimum absolute atomic E-state index is 0.114. The highest BCUT2D eigenvalue weighted by Crippen LogP contribution is 2.34. The zero-order valence-electron chi connectivity index (χ0n) is 9.84. The van der Waals surface area contributed by atoms with Crippen LogP contribution in [0.5, 0.6) is 0 Å². The van der Waals surface area contributed by atoms with E-state index < -0.39 is 23.6 Å². The summed E-state index contributed by atoms with van der Waals surface area (Å²) in [5.41, 5.74) is -1.84. The highest BCUT2D eigenvalue weighted by atomic mass is 17.0. The Balaban J connectivity index is 3.12. The van der Waals surface area contributed by atoms with E-state index in [4.69, 9.17) is 14.8 Å². The van der Waals surface area contributed by atoms with Crippen LogP contribution in [-0.2, 0) is 28.7 Å². The van der Waals surface area contributed by atoms with Gasteiger partial charge in [0.2, 0.25) is 0 Å². The second-order valence-electron chi connectivity index (χ2n) is 3.40. The lowest BCUT2D eigenvalue weighted by atomic mass is 9.94. The van der Waals surface area contributed by atoms with Crippen molar-refractivity contribution in [1.82, 2.24) is 5.23 Å². The topological polar surface area (TPSA) is 94.5 Å². The second kappa shape index (κ2) is 5.41. The van der Waals surface area contributed by atoms with E-state index in [0.717, 1.165) is 14.2 Å². The third kappa shape index (κ3) is 2.12. The standard InChI is InChI=1S/C9H15NO7/c1-14-7(12)9(8(13)15-2)4-6(5-11)17-10(9)16-3/h6,11H,4-5H2,1-3H3/t6-/m1/s1. The average Bonchev–Trinajstić information content (AvgIpc) is 2.76. The average molecular weight is 249 g/mol. The number of rotatable bonds is 4. The van der Waals surface area contributed by atoms with Gasteiger partial charge in [-0.1, -0.05) is 0 Å². The molecule has 1 aliphatic heterocycles. The van der Waals surface area contributed by atoms with Crippen LogP contribution in [0.3, 0.4) is 0 Å². The molecule has 0 aromatic heterocycles. The van der Waals surface area contributed by atoms with E-state index in [1.807, 2.05) is 0 Å². The fourth-order valence-corrected chi connectivity index (χ4v) is 1.70. The summed E-state index contributed by atoms with van der Waals surface area (Å²) in [6.07, 6.45) is -0.857. The summed E-state index contributed by atoms with van der Waals surface area (Å²) in [5, 5.41) is 9.71. The summed E-state index contributed by atoms with van der Waals surface area (Å²) in [4.78, 5) is 33.4. The molecule has 1 fully saturated rings.